The van der Waals surface area contributed by atoms with Crippen LogP contribution in [0.15, 0.2) is 35.4 Å². The molecule has 6 heteroatoms. The molecule has 0 amide bonds. The molecule has 1 fully saturated rings. The molecule has 24 heavy (non-hydrogen) atoms. The molecule has 5 nitrogen and oxygen atoms in total. The zero-order chi connectivity index (χ0) is 17.5. The van der Waals surface area contributed by atoms with Crippen LogP contribution in [0.1, 0.15) is 40.0 Å². The first-order valence-corrected chi connectivity index (χ1v) is 10.3. The van der Waals surface area contributed by atoms with Crippen molar-refractivity contribution in [1.29, 1.82) is 0 Å². The minimum absolute atomic E-state index is 0.0655. The standard InChI is InChI=1S/C18H25N3O2Se/c1-12(2)15-10-9-13(3)11-16(15)23-18(22)17(20-21-19)24-14-7-5-4-6-8-14/h4-8,12-13,15-17H,9-11H2,1-3H3/t13-,15+,16-,17?/m1/s1. The van der Waals surface area contributed by atoms with Crippen LogP contribution in [0.3, 0.4) is 0 Å². The molecule has 0 aliphatic heterocycles. The Labute approximate surface area is 149 Å². The number of benzene rings is 1. The van der Waals surface area contributed by atoms with E-state index in [1.165, 1.54) is 6.42 Å². The predicted octanol–water partition coefficient (Wildman–Crippen LogP) is 3.66. The predicted molar refractivity (Wildman–Crippen MR) is 96.0 cm³/mol. The number of nitrogens with zero attached hydrogens (tertiary/aromatic N) is 3. The Morgan fingerprint density at radius 3 is 2.67 bits per heavy atom. The molecule has 0 bridgehead atoms. The molecule has 1 aliphatic rings. The first-order chi connectivity index (χ1) is 11.5. The quantitative estimate of drug-likeness (QED) is 0.243. The topological polar surface area (TPSA) is 75.1 Å². The molecular weight excluding hydrogens is 369 g/mol. The van der Waals surface area contributed by atoms with Gasteiger partial charge < -0.3 is 0 Å². The van der Waals surface area contributed by atoms with Gasteiger partial charge in [0.15, 0.2) is 0 Å². The molecule has 0 aromatic heterocycles. The molecule has 2 rings (SSSR count). The Bertz CT molecular complexity index is 587. The molecule has 1 aliphatic carbocycles. The van der Waals surface area contributed by atoms with Crippen molar-refractivity contribution in [3.8, 4) is 0 Å². The Balaban J connectivity index is 2.07. The number of carbonyl (C=O) groups is 1. The van der Waals surface area contributed by atoms with Crippen molar-refractivity contribution in [3.63, 3.8) is 0 Å². The Morgan fingerprint density at radius 2 is 2.04 bits per heavy atom. The van der Waals surface area contributed by atoms with E-state index in [0.29, 0.717) is 17.8 Å². The molecule has 4 atom stereocenters. The molecule has 0 radical (unpaired) electrons. The van der Waals surface area contributed by atoms with Gasteiger partial charge in [-0.15, -0.1) is 0 Å². The molecule has 1 aromatic rings. The van der Waals surface area contributed by atoms with Gasteiger partial charge in [-0.05, 0) is 0 Å². The van der Waals surface area contributed by atoms with Crippen molar-refractivity contribution in [2.24, 2.45) is 22.9 Å². The first-order valence-electron chi connectivity index (χ1n) is 8.47. The average Bonchev–Trinajstić information content (AvgIpc) is 2.55. The summed E-state index contributed by atoms with van der Waals surface area (Å²) < 4.78 is 6.86. The van der Waals surface area contributed by atoms with Crippen LogP contribution < -0.4 is 4.46 Å². The van der Waals surface area contributed by atoms with Crippen LogP contribution in [0.25, 0.3) is 10.4 Å². The normalized spacial score (nSPS) is 24.9. The van der Waals surface area contributed by atoms with Gasteiger partial charge in [0.1, 0.15) is 0 Å². The van der Waals surface area contributed by atoms with E-state index in [9.17, 15) is 4.79 Å². The third-order valence-corrected chi connectivity index (χ3v) is 6.79. The van der Waals surface area contributed by atoms with E-state index in [0.717, 1.165) is 17.3 Å². The van der Waals surface area contributed by atoms with Crippen molar-refractivity contribution in [2.45, 2.75) is 51.1 Å². The van der Waals surface area contributed by atoms with Gasteiger partial charge in [0.2, 0.25) is 0 Å². The summed E-state index contributed by atoms with van der Waals surface area (Å²) in [5.74, 6) is 1.06. The van der Waals surface area contributed by atoms with Crippen LogP contribution in [0.2, 0.25) is 0 Å². The average molecular weight is 394 g/mol. The summed E-state index contributed by atoms with van der Waals surface area (Å²) >= 11 is -0.266. The monoisotopic (exact) mass is 395 g/mol. The van der Waals surface area contributed by atoms with E-state index in [2.05, 4.69) is 30.8 Å². The van der Waals surface area contributed by atoms with Crippen LogP contribution in [-0.4, -0.2) is 32.0 Å². The summed E-state index contributed by atoms with van der Waals surface area (Å²) in [6.45, 7) is 6.57. The van der Waals surface area contributed by atoms with Crippen molar-refractivity contribution >= 4 is 25.4 Å². The van der Waals surface area contributed by atoms with Crippen molar-refractivity contribution in [3.05, 3.63) is 40.8 Å². The summed E-state index contributed by atoms with van der Waals surface area (Å²) in [6, 6.07) is 9.68. The summed E-state index contributed by atoms with van der Waals surface area (Å²) in [6.07, 6.45) is 3.11. The summed E-state index contributed by atoms with van der Waals surface area (Å²) in [5, 5.41) is 3.71. The molecule has 0 spiro atoms. The second-order valence-electron chi connectivity index (χ2n) is 6.79. The number of azide groups is 1. The fraction of sp³-hybridized carbons (Fsp3) is 0.611. The van der Waals surface area contributed by atoms with E-state index in [1.807, 2.05) is 30.3 Å². The molecule has 0 heterocycles. The summed E-state index contributed by atoms with van der Waals surface area (Å²) in [5.41, 5.74) is 8.81. The van der Waals surface area contributed by atoms with Crippen LogP contribution in [0.4, 0.5) is 0 Å². The molecule has 0 N–H and O–H groups in total. The third kappa shape index (κ3) is 5.27. The van der Waals surface area contributed by atoms with Crippen LogP contribution in [-0.2, 0) is 9.53 Å². The maximum absolute atomic E-state index is 12.6. The number of rotatable bonds is 6. The fourth-order valence-electron chi connectivity index (χ4n) is 3.25. The van der Waals surface area contributed by atoms with E-state index in [1.54, 1.807) is 0 Å². The third-order valence-electron chi connectivity index (χ3n) is 4.58. The van der Waals surface area contributed by atoms with Gasteiger partial charge in [-0.2, -0.15) is 0 Å². The van der Waals surface area contributed by atoms with E-state index in [-0.39, 0.29) is 27.0 Å². The molecule has 0 saturated heterocycles. The number of esters is 1. The Hall–Kier alpha value is -1.48. The van der Waals surface area contributed by atoms with Crippen LogP contribution in [0, 0.1) is 17.8 Å². The second kappa shape index (κ2) is 9.12. The van der Waals surface area contributed by atoms with Gasteiger partial charge >= 0.3 is 150 Å². The van der Waals surface area contributed by atoms with Crippen LogP contribution in [0.5, 0.6) is 0 Å². The number of hydrogen-bond acceptors (Lipinski definition) is 3. The fourth-order valence-corrected chi connectivity index (χ4v) is 4.96. The molecule has 1 saturated carbocycles. The SMILES string of the molecule is CC(C)[C@@H]1CC[C@@H](C)C[C@H]1OC(=O)C(N=[N+]=[N-])[Se]c1ccccc1. The number of carbonyl (C=O) groups excluding carboxylic acids is 1. The Kier molecular flexibility index (Phi) is 7.16. The van der Waals surface area contributed by atoms with Gasteiger partial charge in [-0.3, -0.25) is 0 Å². The summed E-state index contributed by atoms with van der Waals surface area (Å²) in [7, 11) is 0. The van der Waals surface area contributed by atoms with Gasteiger partial charge in [0.25, 0.3) is 0 Å². The summed E-state index contributed by atoms with van der Waals surface area (Å²) in [4.78, 5) is 14.7. The second-order valence-corrected chi connectivity index (χ2v) is 9.21. The van der Waals surface area contributed by atoms with Gasteiger partial charge in [-0.25, -0.2) is 0 Å². The molecule has 1 aromatic carbocycles. The van der Waals surface area contributed by atoms with E-state index >= 15 is 0 Å². The van der Waals surface area contributed by atoms with Gasteiger partial charge in [0, 0.05) is 0 Å². The van der Waals surface area contributed by atoms with Gasteiger partial charge in [-0.1, -0.05) is 0 Å². The maximum atomic E-state index is 12.6. The van der Waals surface area contributed by atoms with Gasteiger partial charge in [0.05, 0.1) is 0 Å². The van der Waals surface area contributed by atoms with Crippen molar-refractivity contribution in [2.75, 3.05) is 0 Å². The molecular formula is C18H25N3O2Se. The zero-order valence-corrected chi connectivity index (χ0v) is 16.2. The zero-order valence-electron chi connectivity index (χ0n) is 14.5. The first kappa shape index (κ1) is 18.9. The van der Waals surface area contributed by atoms with E-state index < -0.39 is 4.94 Å². The Morgan fingerprint density at radius 1 is 1.33 bits per heavy atom. The molecule has 130 valence electrons. The molecule has 1 unspecified atom stereocenters. The van der Waals surface area contributed by atoms with Crippen LogP contribution >= 0.6 is 0 Å². The number of ether oxygens (including phenoxy) is 1. The number of hydrogen-bond donors (Lipinski definition) is 0. The van der Waals surface area contributed by atoms with E-state index in [4.69, 9.17) is 10.3 Å². The minimum atomic E-state index is -0.741. The van der Waals surface area contributed by atoms with Crippen molar-refractivity contribution < 1.29 is 9.53 Å². The van der Waals surface area contributed by atoms with Crippen molar-refractivity contribution in [1.82, 2.24) is 0 Å².